The Balaban J connectivity index is 1.23. The van der Waals surface area contributed by atoms with Gasteiger partial charge in [-0.1, -0.05) is 7.92 Å². The molecule has 6 rings (SSSR count). The molecular formula is C33H42BrN10O2P. The number of anilines is 5. The maximum Gasteiger partial charge on any atom is 0.239 e. The van der Waals surface area contributed by atoms with Crippen LogP contribution >= 0.6 is 23.9 Å². The lowest BCUT2D eigenvalue weighted by Gasteiger charge is -2.39. The number of likely N-dealkylation sites (N-methyl/N-ethyl adjacent to an activating group) is 1. The molecule has 0 spiro atoms. The summed E-state index contributed by atoms with van der Waals surface area (Å²) < 4.78 is 6.44. The molecule has 0 aliphatic carbocycles. The summed E-state index contributed by atoms with van der Waals surface area (Å²) >= 11 is 3.60. The van der Waals surface area contributed by atoms with Crippen LogP contribution in [0.25, 0.3) is 11.0 Å². The number of carbonyl (C=O) groups excluding carboxylic acids is 1. The number of aromatic nitrogens is 5. The summed E-state index contributed by atoms with van der Waals surface area (Å²) in [5, 5.41) is 7.85. The summed E-state index contributed by atoms with van der Waals surface area (Å²) in [5.41, 5.74) is 3.70. The van der Waals surface area contributed by atoms with Crippen molar-refractivity contribution in [2.75, 3.05) is 82.3 Å². The van der Waals surface area contributed by atoms with Crippen molar-refractivity contribution >= 4 is 74.9 Å². The average molecular weight is 722 g/mol. The van der Waals surface area contributed by atoms with Crippen LogP contribution in [0.15, 0.2) is 41.3 Å². The predicted octanol–water partition coefficient (Wildman–Crippen LogP) is 5.25. The molecule has 0 amide bonds. The van der Waals surface area contributed by atoms with Gasteiger partial charge < -0.3 is 25.2 Å². The lowest BCUT2D eigenvalue weighted by atomic mass is 10.0. The molecule has 2 aliphatic heterocycles. The fraction of sp³-hybridized carbons (Fsp3) is 0.455. The maximum atomic E-state index is 13.0. The van der Waals surface area contributed by atoms with Crippen molar-refractivity contribution in [2.24, 2.45) is 0 Å². The molecule has 1 aromatic carbocycles. The highest BCUT2D eigenvalue weighted by Crippen LogP contribution is 2.36. The second kappa shape index (κ2) is 14.7. The van der Waals surface area contributed by atoms with Crippen molar-refractivity contribution < 1.29 is 9.53 Å². The van der Waals surface area contributed by atoms with Crippen LogP contribution in [0.5, 0.6) is 5.88 Å². The van der Waals surface area contributed by atoms with Gasteiger partial charge in [-0.05, 0) is 93.8 Å². The Morgan fingerprint density at radius 1 is 0.979 bits per heavy atom. The van der Waals surface area contributed by atoms with E-state index in [0.29, 0.717) is 45.2 Å². The molecule has 47 heavy (non-hydrogen) atoms. The summed E-state index contributed by atoms with van der Waals surface area (Å²) in [6.45, 7) is 12.2. The molecule has 0 radical (unpaired) electrons. The normalized spacial score (nSPS) is 16.8. The Hall–Kier alpha value is -3.51. The summed E-state index contributed by atoms with van der Waals surface area (Å²) in [7, 11) is 3.28. The summed E-state index contributed by atoms with van der Waals surface area (Å²) in [6.07, 6.45) is 8.39. The van der Waals surface area contributed by atoms with E-state index in [9.17, 15) is 4.79 Å². The third-order valence-corrected chi connectivity index (χ3v) is 10.8. The first-order chi connectivity index (χ1) is 22.7. The molecule has 2 aliphatic rings. The third kappa shape index (κ3) is 7.48. The van der Waals surface area contributed by atoms with Crippen LogP contribution in [0.2, 0.25) is 0 Å². The SMILES string of the molecule is COc1nc(N2CCC(N3CCCN(C)CC3)CC2)c(C(C)=O)cc1Nc1ncc(Br)c(Nc2ccc3nccnc3c2P(C)C)n1. The average Bonchev–Trinajstić information content (AvgIpc) is 3.30. The number of ketones is 1. The van der Waals surface area contributed by atoms with Gasteiger partial charge >= 0.3 is 0 Å². The van der Waals surface area contributed by atoms with Crippen molar-refractivity contribution in [1.82, 2.24) is 34.7 Å². The fourth-order valence-electron chi connectivity index (χ4n) is 6.45. The molecule has 5 heterocycles. The Kier molecular flexibility index (Phi) is 10.5. The molecule has 2 saturated heterocycles. The van der Waals surface area contributed by atoms with E-state index < -0.39 is 7.92 Å². The van der Waals surface area contributed by atoms with Crippen molar-refractivity contribution in [3.63, 3.8) is 0 Å². The minimum atomic E-state index is -0.508. The number of hydrogen-bond acceptors (Lipinski definition) is 12. The van der Waals surface area contributed by atoms with Gasteiger partial charge in [0.15, 0.2) is 5.78 Å². The number of pyridine rings is 1. The molecular weight excluding hydrogens is 679 g/mol. The van der Waals surface area contributed by atoms with Gasteiger partial charge in [0.2, 0.25) is 11.8 Å². The minimum absolute atomic E-state index is 0.0578. The number of fused-ring (bicyclic) bond motifs is 1. The van der Waals surface area contributed by atoms with E-state index in [1.165, 1.54) is 6.42 Å². The van der Waals surface area contributed by atoms with Gasteiger partial charge in [-0.3, -0.25) is 19.7 Å². The monoisotopic (exact) mass is 720 g/mol. The number of piperidine rings is 1. The first kappa shape index (κ1) is 33.4. The van der Waals surface area contributed by atoms with E-state index >= 15 is 0 Å². The number of nitrogens with zero attached hydrogens (tertiary/aromatic N) is 8. The number of rotatable bonds is 9. The quantitative estimate of drug-likeness (QED) is 0.173. The zero-order valence-corrected chi connectivity index (χ0v) is 30.1. The third-order valence-electron chi connectivity index (χ3n) is 8.88. The van der Waals surface area contributed by atoms with Crippen LogP contribution in [0, 0.1) is 0 Å². The van der Waals surface area contributed by atoms with Crippen LogP contribution in [-0.2, 0) is 0 Å². The van der Waals surface area contributed by atoms with Gasteiger partial charge in [-0.2, -0.15) is 9.97 Å². The second-order valence-electron chi connectivity index (χ2n) is 12.3. The molecule has 0 bridgehead atoms. The van der Waals surface area contributed by atoms with Crippen molar-refractivity contribution in [1.29, 1.82) is 0 Å². The lowest BCUT2D eigenvalue weighted by Crippen LogP contribution is -2.46. The number of Topliss-reactive ketones (excluding diaryl/α,β-unsaturated/α-hetero) is 1. The molecule has 0 atom stereocenters. The molecule has 12 nitrogen and oxygen atoms in total. The van der Waals surface area contributed by atoms with E-state index in [0.717, 1.165) is 74.1 Å². The van der Waals surface area contributed by atoms with Gasteiger partial charge in [-0.15, -0.1) is 0 Å². The number of carbonyl (C=O) groups is 1. The molecule has 3 aromatic heterocycles. The van der Waals surface area contributed by atoms with Gasteiger partial charge in [-0.25, -0.2) is 4.98 Å². The van der Waals surface area contributed by atoms with Crippen LogP contribution in [0.4, 0.5) is 29.0 Å². The Labute approximate surface area is 285 Å². The summed E-state index contributed by atoms with van der Waals surface area (Å²) in [5.74, 6) is 1.90. The summed E-state index contributed by atoms with van der Waals surface area (Å²) in [4.78, 5) is 43.5. The van der Waals surface area contributed by atoms with Crippen molar-refractivity contribution in [3.8, 4) is 5.88 Å². The Bertz CT molecular complexity index is 1750. The Morgan fingerprint density at radius 3 is 2.51 bits per heavy atom. The molecule has 2 fully saturated rings. The number of ether oxygens (including phenoxy) is 1. The van der Waals surface area contributed by atoms with Crippen molar-refractivity contribution in [3.05, 3.63) is 46.8 Å². The first-order valence-electron chi connectivity index (χ1n) is 16.0. The van der Waals surface area contributed by atoms with Gasteiger partial charge in [0.1, 0.15) is 17.3 Å². The lowest BCUT2D eigenvalue weighted by molar-refractivity contribution is 0.101. The van der Waals surface area contributed by atoms with Gasteiger partial charge in [0, 0.05) is 61.8 Å². The Morgan fingerprint density at radius 2 is 1.77 bits per heavy atom. The minimum Gasteiger partial charge on any atom is -0.479 e. The van der Waals surface area contributed by atoms with E-state index in [1.54, 1.807) is 38.7 Å². The standard InChI is InChI=1S/C33H42BrN10O2P/c1-21(45)23-19-27(32(46-3)41-31(23)44-15-9-22(10-16-44)43-14-6-13-42(2)17-18-43)39-33-37-20-24(34)30(40-33)38-26-8-7-25-28(29(26)47(4)5)36-12-11-35-25/h7-8,11-12,19-20,22H,6,9-10,13-18H2,1-5H3,(H2,37,38,39,40). The van der Waals surface area contributed by atoms with Crippen LogP contribution in [0.3, 0.4) is 0 Å². The highest BCUT2D eigenvalue weighted by molar-refractivity contribution is 9.10. The zero-order chi connectivity index (χ0) is 33.1. The van der Waals surface area contributed by atoms with Crippen molar-refractivity contribution in [2.45, 2.75) is 32.2 Å². The number of nitrogens with one attached hydrogen (secondary N) is 2. The molecule has 14 heteroatoms. The molecule has 2 N–H and O–H groups in total. The highest BCUT2D eigenvalue weighted by Gasteiger charge is 2.29. The smallest absolute Gasteiger partial charge is 0.239 e. The number of halogens is 1. The van der Waals surface area contributed by atoms with E-state index in [2.05, 4.69) is 76.6 Å². The molecule has 0 unspecified atom stereocenters. The van der Waals surface area contributed by atoms with Crippen LogP contribution in [-0.4, -0.2) is 113 Å². The summed E-state index contributed by atoms with van der Waals surface area (Å²) in [6, 6.07) is 6.33. The largest absolute Gasteiger partial charge is 0.479 e. The van der Waals surface area contributed by atoms with Crippen LogP contribution in [0.1, 0.15) is 36.5 Å². The van der Waals surface area contributed by atoms with Gasteiger partial charge in [0.05, 0.1) is 28.2 Å². The van der Waals surface area contributed by atoms with E-state index in [-0.39, 0.29) is 5.78 Å². The topological polar surface area (TPSA) is 125 Å². The first-order valence-corrected chi connectivity index (χ1v) is 19.0. The van der Waals surface area contributed by atoms with Gasteiger partial charge in [0.25, 0.3) is 0 Å². The fourth-order valence-corrected chi connectivity index (χ4v) is 7.94. The number of methoxy groups -OCH3 is 1. The predicted molar refractivity (Wildman–Crippen MR) is 194 cm³/mol. The maximum absolute atomic E-state index is 13.0. The molecule has 4 aromatic rings. The molecule has 0 saturated carbocycles. The van der Waals surface area contributed by atoms with E-state index in [1.807, 2.05) is 12.1 Å². The van der Waals surface area contributed by atoms with Crippen LogP contribution < -0.4 is 25.6 Å². The van der Waals surface area contributed by atoms with E-state index in [4.69, 9.17) is 14.7 Å². The number of benzene rings is 1. The number of hydrogen-bond donors (Lipinski definition) is 2. The second-order valence-corrected chi connectivity index (χ2v) is 15.4. The highest BCUT2D eigenvalue weighted by atomic mass is 79.9. The molecule has 248 valence electrons. The zero-order valence-electron chi connectivity index (χ0n) is 27.6.